The number of hydrogen-bond donors (Lipinski definition) is 1. The van der Waals surface area contributed by atoms with Gasteiger partial charge >= 0.3 is 12.0 Å². The van der Waals surface area contributed by atoms with Gasteiger partial charge in [0.2, 0.25) is 0 Å². The zero-order valence-electron chi connectivity index (χ0n) is 11.0. The molecule has 0 radical (unpaired) electrons. The maximum absolute atomic E-state index is 12.0. The Hall–Kier alpha value is -2.05. The lowest BCUT2D eigenvalue weighted by atomic mass is 9.98. The summed E-state index contributed by atoms with van der Waals surface area (Å²) in [4.78, 5) is 25.1. The average Bonchev–Trinajstić information content (AvgIpc) is 2.83. The first kappa shape index (κ1) is 13.4. The number of methoxy groups -OCH3 is 1. The van der Waals surface area contributed by atoms with Gasteiger partial charge in [-0.25, -0.2) is 4.79 Å². The average molecular weight is 267 g/mol. The van der Waals surface area contributed by atoms with Crippen LogP contribution in [0.1, 0.15) is 18.6 Å². The lowest BCUT2D eigenvalue weighted by molar-refractivity contribution is -0.146. The Morgan fingerprint density at radius 3 is 3.00 bits per heavy atom. The predicted molar refractivity (Wildman–Crippen MR) is 66.6 cm³/mol. The standard InChI is InChI=1S/C12H17N3O4/c1-8-6-10(14-19-8)13-12(17)15-5-3-4-9(7-15)11(16)18-2/h6,9H,3-5,7H2,1-2H3,(H,13,14,17)/t9-/m1/s1. The number of nitrogens with one attached hydrogen (secondary N) is 1. The van der Waals surface area contributed by atoms with E-state index >= 15 is 0 Å². The van der Waals surface area contributed by atoms with Gasteiger partial charge in [0.05, 0.1) is 13.0 Å². The van der Waals surface area contributed by atoms with Gasteiger partial charge in [-0.15, -0.1) is 0 Å². The molecule has 0 bridgehead atoms. The highest BCUT2D eigenvalue weighted by molar-refractivity contribution is 5.88. The van der Waals surface area contributed by atoms with Gasteiger partial charge in [0.15, 0.2) is 5.82 Å². The second-order valence-electron chi connectivity index (χ2n) is 4.56. The fourth-order valence-electron chi connectivity index (χ4n) is 2.13. The van der Waals surface area contributed by atoms with Gasteiger partial charge in [0.1, 0.15) is 5.76 Å². The molecule has 19 heavy (non-hydrogen) atoms. The Morgan fingerprint density at radius 1 is 1.58 bits per heavy atom. The number of likely N-dealkylation sites (tertiary alicyclic amines) is 1. The van der Waals surface area contributed by atoms with Gasteiger partial charge in [-0.3, -0.25) is 10.1 Å². The van der Waals surface area contributed by atoms with Crippen LogP contribution in [-0.2, 0) is 9.53 Å². The van der Waals surface area contributed by atoms with E-state index in [2.05, 4.69) is 10.5 Å². The molecule has 1 N–H and O–H groups in total. The maximum atomic E-state index is 12.0. The summed E-state index contributed by atoms with van der Waals surface area (Å²) in [5.74, 6) is 0.488. The van der Waals surface area contributed by atoms with E-state index in [1.54, 1.807) is 17.9 Å². The first-order chi connectivity index (χ1) is 9.10. The summed E-state index contributed by atoms with van der Waals surface area (Å²) in [6, 6.07) is 1.36. The number of ether oxygens (including phenoxy) is 1. The number of piperidine rings is 1. The van der Waals surface area contributed by atoms with Crippen LogP contribution in [0.4, 0.5) is 10.6 Å². The van der Waals surface area contributed by atoms with Crippen LogP contribution in [0.2, 0.25) is 0 Å². The molecule has 1 atom stereocenters. The van der Waals surface area contributed by atoms with Crippen molar-refractivity contribution in [3.63, 3.8) is 0 Å². The van der Waals surface area contributed by atoms with Crippen molar-refractivity contribution in [3.05, 3.63) is 11.8 Å². The van der Waals surface area contributed by atoms with Crippen LogP contribution in [0.3, 0.4) is 0 Å². The van der Waals surface area contributed by atoms with E-state index in [0.29, 0.717) is 24.7 Å². The van der Waals surface area contributed by atoms with Crippen LogP contribution in [0.15, 0.2) is 10.6 Å². The van der Waals surface area contributed by atoms with E-state index in [9.17, 15) is 9.59 Å². The second kappa shape index (κ2) is 5.73. The number of aryl methyl sites for hydroxylation is 1. The first-order valence-electron chi connectivity index (χ1n) is 6.17. The monoisotopic (exact) mass is 267 g/mol. The summed E-state index contributed by atoms with van der Waals surface area (Å²) in [6.45, 7) is 2.74. The van der Waals surface area contributed by atoms with Crippen LogP contribution >= 0.6 is 0 Å². The van der Waals surface area contributed by atoms with E-state index in [1.165, 1.54) is 7.11 Å². The van der Waals surface area contributed by atoms with Gasteiger partial charge in [-0.1, -0.05) is 5.16 Å². The number of hydrogen-bond acceptors (Lipinski definition) is 5. The highest BCUT2D eigenvalue weighted by Crippen LogP contribution is 2.18. The molecule has 0 unspecified atom stereocenters. The van der Waals surface area contributed by atoms with Crippen molar-refractivity contribution in [3.8, 4) is 0 Å². The molecule has 1 aliphatic heterocycles. The number of rotatable bonds is 2. The Labute approximate surface area is 110 Å². The number of aromatic nitrogens is 1. The molecule has 2 amide bonds. The number of esters is 1. The van der Waals surface area contributed by atoms with Crippen molar-refractivity contribution in [2.75, 3.05) is 25.5 Å². The fraction of sp³-hybridized carbons (Fsp3) is 0.583. The Balaban J connectivity index is 1.93. The molecule has 1 aliphatic rings. The van der Waals surface area contributed by atoms with Gasteiger partial charge in [-0.05, 0) is 19.8 Å². The molecule has 7 heteroatoms. The van der Waals surface area contributed by atoms with Crippen molar-refractivity contribution >= 4 is 17.8 Å². The molecule has 0 aliphatic carbocycles. The van der Waals surface area contributed by atoms with E-state index in [0.717, 1.165) is 12.8 Å². The summed E-state index contributed by atoms with van der Waals surface area (Å²) in [6.07, 6.45) is 1.53. The molecule has 1 fully saturated rings. The van der Waals surface area contributed by atoms with Gasteiger partial charge in [0.25, 0.3) is 0 Å². The summed E-state index contributed by atoms with van der Waals surface area (Å²) >= 11 is 0. The van der Waals surface area contributed by atoms with Crippen molar-refractivity contribution in [1.82, 2.24) is 10.1 Å². The third-order valence-corrected chi connectivity index (χ3v) is 3.11. The largest absolute Gasteiger partial charge is 0.469 e. The Kier molecular flexibility index (Phi) is 4.03. The molecule has 0 spiro atoms. The zero-order valence-corrected chi connectivity index (χ0v) is 11.0. The molecule has 1 aromatic rings. The first-order valence-corrected chi connectivity index (χ1v) is 6.17. The minimum atomic E-state index is -0.276. The summed E-state index contributed by atoms with van der Waals surface area (Å²) in [5, 5.41) is 6.34. The molecule has 2 heterocycles. The molecular weight excluding hydrogens is 250 g/mol. The van der Waals surface area contributed by atoms with E-state index in [1.807, 2.05) is 0 Å². The minimum absolute atomic E-state index is 0.247. The predicted octanol–water partition coefficient (Wildman–Crippen LogP) is 1.40. The number of nitrogens with zero attached hydrogens (tertiary/aromatic N) is 2. The van der Waals surface area contributed by atoms with E-state index in [4.69, 9.17) is 9.26 Å². The van der Waals surface area contributed by atoms with Crippen molar-refractivity contribution in [1.29, 1.82) is 0 Å². The fourth-order valence-corrected chi connectivity index (χ4v) is 2.13. The highest BCUT2D eigenvalue weighted by atomic mass is 16.5. The minimum Gasteiger partial charge on any atom is -0.469 e. The molecule has 2 rings (SSSR count). The van der Waals surface area contributed by atoms with Gasteiger partial charge in [0, 0.05) is 19.2 Å². The van der Waals surface area contributed by atoms with Crippen LogP contribution in [-0.4, -0.2) is 42.3 Å². The summed E-state index contributed by atoms with van der Waals surface area (Å²) < 4.78 is 9.59. The SMILES string of the molecule is COC(=O)[C@@H]1CCCN(C(=O)Nc2cc(C)on2)C1. The quantitative estimate of drug-likeness (QED) is 0.819. The third kappa shape index (κ3) is 3.24. The van der Waals surface area contributed by atoms with Crippen molar-refractivity contribution in [2.45, 2.75) is 19.8 Å². The number of urea groups is 1. The van der Waals surface area contributed by atoms with E-state index in [-0.39, 0.29) is 17.9 Å². The molecule has 0 saturated carbocycles. The molecule has 7 nitrogen and oxygen atoms in total. The molecule has 104 valence electrons. The Bertz CT molecular complexity index is 471. The van der Waals surface area contributed by atoms with Crippen LogP contribution in [0, 0.1) is 12.8 Å². The maximum Gasteiger partial charge on any atom is 0.323 e. The van der Waals surface area contributed by atoms with Crippen LogP contribution in [0.25, 0.3) is 0 Å². The highest BCUT2D eigenvalue weighted by Gasteiger charge is 2.29. The molecule has 0 aromatic carbocycles. The molecule has 1 aromatic heterocycles. The third-order valence-electron chi connectivity index (χ3n) is 3.11. The van der Waals surface area contributed by atoms with E-state index < -0.39 is 0 Å². The Morgan fingerprint density at radius 2 is 2.37 bits per heavy atom. The number of carbonyl (C=O) groups is 2. The summed E-state index contributed by atoms with van der Waals surface area (Å²) in [5.41, 5.74) is 0. The number of amides is 2. The van der Waals surface area contributed by atoms with Crippen LogP contribution < -0.4 is 5.32 Å². The number of carbonyl (C=O) groups excluding carboxylic acids is 2. The topological polar surface area (TPSA) is 84.7 Å². The second-order valence-corrected chi connectivity index (χ2v) is 4.56. The summed E-state index contributed by atoms with van der Waals surface area (Å²) in [7, 11) is 1.36. The lowest BCUT2D eigenvalue weighted by Gasteiger charge is -2.30. The number of anilines is 1. The smallest absolute Gasteiger partial charge is 0.323 e. The van der Waals surface area contributed by atoms with Crippen LogP contribution in [0.5, 0.6) is 0 Å². The van der Waals surface area contributed by atoms with Crippen molar-refractivity contribution < 1.29 is 18.8 Å². The molecular formula is C12H17N3O4. The lowest BCUT2D eigenvalue weighted by Crippen LogP contribution is -2.44. The van der Waals surface area contributed by atoms with Gasteiger partial charge < -0.3 is 14.2 Å². The zero-order chi connectivity index (χ0) is 13.8. The van der Waals surface area contributed by atoms with Gasteiger partial charge in [-0.2, -0.15) is 0 Å². The normalized spacial score (nSPS) is 19.1. The molecule has 1 saturated heterocycles. The van der Waals surface area contributed by atoms with Crippen molar-refractivity contribution in [2.24, 2.45) is 5.92 Å².